The van der Waals surface area contributed by atoms with Crippen molar-refractivity contribution in [2.45, 2.75) is 26.3 Å². The zero-order chi connectivity index (χ0) is 14.5. The number of nitrogens with one attached hydrogen (secondary N) is 1. The van der Waals surface area contributed by atoms with Crippen LogP contribution < -0.4 is 10.1 Å². The summed E-state index contributed by atoms with van der Waals surface area (Å²) < 4.78 is 7.86. The highest BCUT2D eigenvalue weighted by atomic mass is 79.9. The minimum Gasteiger partial charge on any atom is -0.490 e. The van der Waals surface area contributed by atoms with Crippen LogP contribution in [0.5, 0.6) is 5.75 Å². The molecule has 0 unspecified atom stereocenters. The van der Waals surface area contributed by atoms with Crippen LogP contribution in [0.25, 0.3) is 10.9 Å². The van der Waals surface area contributed by atoms with Gasteiger partial charge in [-0.05, 0) is 41.0 Å². The molecule has 0 radical (unpaired) electrons. The van der Waals surface area contributed by atoms with Gasteiger partial charge in [0.25, 0.3) is 0 Å². The van der Waals surface area contributed by atoms with Crippen LogP contribution in [0.1, 0.15) is 20.3 Å². The standard InChI is InChI=1S/C15H18Br2N2O/c1-10(2)18-7-4-8-20-15-13(17)9-12(16)11-5-3-6-19-14(11)15/h3,5-6,9-10,18H,4,7-8H2,1-2H3. The van der Waals surface area contributed by atoms with Crippen molar-refractivity contribution in [2.75, 3.05) is 13.2 Å². The van der Waals surface area contributed by atoms with Gasteiger partial charge < -0.3 is 10.1 Å². The molecule has 1 heterocycles. The summed E-state index contributed by atoms with van der Waals surface area (Å²) >= 11 is 7.11. The predicted molar refractivity (Wildman–Crippen MR) is 90.4 cm³/mol. The van der Waals surface area contributed by atoms with E-state index in [9.17, 15) is 0 Å². The zero-order valence-corrected chi connectivity index (χ0v) is 14.8. The molecular formula is C15H18Br2N2O. The van der Waals surface area contributed by atoms with Crippen LogP contribution in [0, 0.1) is 0 Å². The summed E-state index contributed by atoms with van der Waals surface area (Å²) in [5.74, 6) is 0.813. The van der Waals surface area contributed by atoms with Crippen LogP contribution in [0.3, 0.4) is 0 Å². The molecular weight excluding hydrogens is 384 g/mol. The van der Waals surface area contributed by atoms with Crippen molar-refractivity contribution in [1.29, 1.82) is 0 Å². The fourth-order valence-electron chi connectivity index (χ4n) is 1.92. The van der Waals surface area contributed by atoms with Crippen molar-refractivity contribution in [1.82, 2.24) is 10.3 Å². The molecule has 1 aromatic carbocycles. The van der Waals surface area contributed by atoms with E-state index in [0.29, 0.717) is 12.6 Å². The quantitative estimate of drug-likeness (QED) is 0.722. The monoisotopic (exact) mass is 400 g/mol. The highest BCUT2D eigenvalue weighted by Gasteiger charge is 2.11. The fraction of sp³-hybridized carbons (Fsp3) is 0.400. The third-order valence-corrected chi connectivity index (χ3v) is 4.12. The first-order valence-electron chi connectivity index (χ1n) is 6.68. The molecule has 1 N–H and O–H groups in total. The molecule has 2 aromatic rings. The third-order valence-electron chi connectivity index (χ3n) is 2.87. The van der Waals surface area contributed by atoms with Crippen molar-refractivity contribution in [2.24, 2.45) is 0 Å². The Bertz CT molecular complexity index is 587. The summed E-state index contributed by atoms with van der Waals surface area (Å²) in [7, 11) is 0. The number of hydrogen-bond donors (Lipinski definition) is 1. The van der Waals surface area contributed by atoms with Crippen molar-refractivity contribution in [3.63, 3.8) is 0 Å². The number of nitrogens with zero attached hydrogens (tertiary/aromatic N) is 1. The van der Waals surface area contributed by atoms with Crippen LogP contribution >= 0.6 is 31.9 Å². The number of halogens is 2. The molecule has 0 atom stereocenters. The van der Waals surface area contributed by atoms with Crippen molar-refractivity contribution < 1.29 is 4.74 Å². The summed E-state index contributed by atoms with van der Waals surface area (Å²) in [6, 6.07) is 6.48. The Morgan fingerprint density at radius 2 is 2.10 bits per heavy atom. The Morgan fingerprint density at radius 3 is 2.85 bits per heavy atom. The van der Waals surface area contributed by atoms with Gasteiger partial charge in [-0.1, -0.05) is 35.8 Å². The molecule has 108 valence electrons. The van der Waals surface area contributed by atoms with Gasteiger partial charge in [0, 0.05) is 22.1 Å². The van der Waals surface area contributed by atoms with Crippen molar-refractivity contribution >= 4 is 42.8 Å². The van der Waals surface area contributed by atoms with E-state index in [4.69, 9.17) is 4.74 Å². The molecule has 2 rings (SSSR count). The maximum Gasteiger partial charge on any atom is 0.159 e. The maximum atomic E-state index is 5.92. The van der Waals surface area contributed by atoms with E-state index in [1.54, 1.807) is 6.20 Å². The number of aromatic nitrogens is 1. The van der Waals surface area contributed by atoms with Gasteiger partial charge in [0.2, 0.25) is 0 Å². The molecule has 0 aliphatic rings. The Kier molecular flexibility index (Phi) is 5.81. The fourth-order valence-corrected chi connectivity index (χ4v) is 3.31. The SMILES string of the molecule is CC(C)NCCCOc1c(Br)cc(Br)c2cccnc12. The Hall–Kier alpha value is -0.650. The number of pyridine rings is 1. The molecule has 3 nitrogen and oxygen atoms in total. The molecule has 0 bridgehead atoms. The zero-order valence-electron chi connectivity index (χ0n) is 11.6. The molecule has 0 spiro atoms. The highest BCUT2D eigenvalue weighted by molar-refractivity contribution is 9.11. The lowest BCUT2D eigenvalue weighted by Gasteiger charge is -2.13. The van der Waals surface area contributed by atoms with Gasteiger partial charge >= 0.3 is 0 Å². The maximum absolute atomic E-state index is 5.92. The van der Waals surface area contributed by atoms with Crippen LogP contribution in [0.4, 0.5) is 0 Å². The number of ether oxygens (including phenoxy) is 1. The molecule has 5 heteroatoms. The second-order valence-corrected chi connectivity index (χ2v) is 6.59. The largest absolute Gasteiger partial charge is 0.490 e. The third kappa shape index (κ3) is 3.93. The number of benzene rings is 1. The predicted octanol–water partition coefficient (Wildman–Crippen LogP) is 4.53. The lowest BCUT2D eigenvalue weighted by Crippen LogP contribution is -2.24. The van der Waals surface area contributed by atoms with E-state index >= 15 is 0 Å². The summed E-state index contributed by atoms with van der Waals surface area (Å²) in [6.45, 7) is 5.91. The lowest BCUT2D eigenvalue weighted by atomic mass is 10.2. The smallest absolute Gasteiger partial charge is 0.159 e. The van der Waals surface area contributed by atoms with Crippen LogP contribution in [-0.2, 0) is 0 Å². The van der Waals surface area contributed by atoms with E-state index in [-0.39, 0.29) is 0 Å². The van der Waals surface area contributed by atoms with E-state index in [1.165, 1.54) is 0 Å². The molecule has 0 saturated carbocycles. The van der Waals surface area contributed by atoms with E-state index in [2.05, 4.69) is 56.0 Å². The average molecular weight is 402 g/mol. The summed E-state index contributed by atoms with van der Waals surface area (Å²) in [5.41, 5.74) is 0.880. The second-order valence-electron chi connectivity index (χ2n) is 4.88. The van der Waals surface area contributed by atoms with Gasteiger partial charge in [0.15, 0.2) is 5.75 Å². The molecule has 0 aliphatic heterocycles. The van der Waals surface area contributed by atoms with Crippen LogP contribution in [0.15, 0.2) is 33.3 Å². The Labute approximate surface area is 136 Å². The first kappa shape index (κ1) is 15.7. The average Bonchev–Trinajstić information content (AvgIpc) is 2.41. The van der Waals surface area contributed by atoms with Crippen molar-refractivity contribution in [3.8, 4) is 5.75 Å². The lowest BCUT2D eigenvalue weighted by molar-refractivity contribution is 0.307. The van der Waals surface area contributed by atoms with Gasteiger partial charge in [-0.15, -0.1) is 0 Å². The van der Waals surface area contributed by atoms with E-state index in [0.717, 1.165) is 38.6 Å². The van der Waals surface area contributed by atoms with Crippen molar-refractivity contribution in [3.05, 3.63) is 33.3 Å². The molecule has 20 heavy (non-hydrogen) atoms. The Balaban J connectivity index is 2.10. The highest BCUT2D eigenvalue weighted by Crippen LogP contribution is 2.37. The summed E-state index contributed by atoms with van der Waals surface area (Å²) in [4.78, 5) is 4.43. The molecule has 1 aromatic heterocycles. The van der Waals surface area contributed by atoms with Gasteiger partial charge in [0.05, 0.1) is 11.1 Å². The topological polar surface area (TPSA) is 34.1 Å². The molecule has 0 aliphatic carbocycles. The van der Waals surface area contributed by atoms with Crippen LogP contribution in [0.2, 0.25) is 0 Å². The second kappa shape index (κ2) is 7.38. The minimum atomic E-state index is 0.511. The molecule has 0 fully saturated rings. The van der Waals surface area contributed by atoms with E-state index in [1.807, 2.05) is 18.2 Å². The van der Waals surface area contributed by atoms with Gasteiger partial charge in [-0.25, -0.2) is 0 Å². The normalized spacial score (nSPS) is 11.2. The van der Waals surface area contributed by atoms with Gasteiger partial charge in [-0.3, -0.25) is 4.98 Å². The first-order valence-corrected chi connectivity index (χ1v) is 8.27. The number of rotatable bonds is 6. The Morgan fingerprint density at radius 1 is 1.30 bits per heavy atom. The van der Waals surface area contributed by atoms with Crippen LogP contribution in [-0.4, -0.2) is 24.2 Å². The summed E-state index contributed by atoms with van der Waals surface area (Å²) in [5, 5.41) is 4.44. The first-order chi connectivity index (χ1) is 9.59. The summed E-state index contributed by atoms with van der Waals surface area (Å²) in [6.07, 6.45) is 2.75. The number of hydrogen-bond acceptors (Lipinski definition) is 3. The molecule has 0 saturated heterocycles. The van der Waals surface area contributed by atoms with Gasteiger partial charge in [0.1, 0.15) is 5.52 Å². The number of fused-ring (bicyclic) bond motifs is 1. The minimum absolute atomic E-state index is 0.511. The van der Waals surface area contributed by atoms with Gasteiger partial charge in [-0.2, -0.15) is 0 Å². The molecule has 0 amide bonds. The van der Waals surface area contributed by atoms with E-state index < -0.39 is 0 Å².